The van der Waals surface area contributed by atoms with E-state index >= 15 is 0 Å². The average Bonchev–Trinajstić information content (AvgIpc) is 3.31. The van der Waals surface area contributed by atoms with E-state index in [0.29, 0.717) is 10.8 Å². The number of aromatic nitrogens is 1. The molecule has 1 aliphatic rings. The molecule has 3 aromatic rings. The molecule has 2 heterocycles. The SMILES string of the molecule is CC(C)c1ccc(S(=O)(=O)c2ccc(NN=C3CCn4cccc43)cc2)cc1. The molecule has 4 rings (SSSR count). The molecule has 0 fully saturated rings. The Morgan fingerprint density at radius 1 is 0.964 bits per heavy atom. The largest absolute Gasteiger partial charge is 0.346 e. The van der Waals surface area contributed by atoms with Gasteiger partial charge in [-0.1, -0.05) is 26.0 Å². The highest BCUT2D eigenvalue weighted by molar-refractivity contribution is 7.91. The number of hydrogen-bond acceptors (Lipinski definition) is 4. The average molecular weight is 394 g/mol. The van der Waals surface area contributed by atoms with Crippen molar-refractivity contribution >= 4 is 21.2 Å². The van der Waals surface area contributed by atoms with Gasteiger partial charge in [-0.25, -0.2) is 8.42 Å². The van der Waals surface area contributed by atoms with E-state index < -0.39 is 9.84 Å². The molecule has 144 valence electrons. The van der Waals surface area contributed by atoms with Crippen LogP contribution in [0.4, 0.5) is 5.69 Å². The van der Waals surface area contributed by atoms with Gasteiger partial charge in [0, 0.05) is 19.2 Å². The monoisotopic (exact) mass is 393 g/mol. The number of anilines is 1. The molecule has 0 saturated carbocycles. The first kappa shape index (κ1) is 18.5. The summed E-state index contributed by atoms with van der Waals surface area (Å²) in [6, 6.07) is 17.9. The van der Waals surface area contributed by atoms with E-state index in [-0.39, 0.29) is 4.90 Å². The van der Waals surface area contributed by atoms with E-state index in [4.69, 9.17) is 0 Å². The van der Waals surface area contributed by atoms with Crippen molar-refractivity contribution in [1.29, 1.82) is 0 Å². The predicted molar refractivity (Wildman–Crippen MR) is 112 cm³/mol. The van der Waals surface area contributed by atoms with Gasteiger partial charge in [0.25, 0.3) is 0 Å². The highest BCUT2D eigenvalue weighted by Crippen LogP contribution is 2.24. The van der Waals surface area contributed by atoms with Crippen molar-refractivity contribution < 1.29 is 8.42 Å². The summed E-state index contributed by atoms with van der Waals surface area (Å²) in [5.74, 6) is 0.367. The van der Waals surface area contributed by atoms with Gasteiger partial charge in [0.05, 0.1) is 26.9 Å². The van der Waals surface area contributed by atoms with Crippen molar-refractivity contribution in [2.45, 2.75) is 42.5 Å². The fraction of sp³-hybridized carbons (Fsp3) is 0.227. The summed E-state index contributed by atoms with van der Waals surface area (Å²) >= 11 is 0. The molecule has 1 aliphatic heterocycles. The van der Waals surface area contributed by atoms with E-state index in [1.54, 1.807) is 36.4 Å². The standard InChI is InChI=1S/C22H23N3O2S/c1-16(2)17-5-9-19(10-6-17)28(26,27)20-11-7-18(8-12-20)23-24-21-13-15-25-14-3-4-22(21)25/h3-12,14,16,23H,13,15H2,1-2H3. The van der Waals surface area contributed by atoms with Gasteiger partial charge in [-0.2, -0.15) is 5.10 Å². The number of nitrogens with zero attached hydrogens (tertiary/aromatic N) is 2. The van der Waals surface area contributed by atoms with Gasteiger partial charge in [-0.05, 0) is 60.0 Å². The Morgan fingerprint density at radius 2 is 1.61 bits per heavy atom. The second kappa shape index (κ2) is 7.28. The Labute approximate surface area is 165 Å². The number of benzene rings is 2. The Morgan fingerprint density at radius 3 is 2.25 bits per heavy atom. The van der Waals surface area contributed by atoms with Crippen LogP contribution >= 0.6 is 0 Å². The summed E-state index contributed by atoms with van der Waals surface area (Å²) in [7, 11) is -3.53. The summed E-state index contributed by atoms with van der Waals surface area (Å²) in [4.78, 5) is 0.585. The Kier molecular flexibility index (Phi) is 4.81. The van der Waals surface area contributed by atoms with Gasteiger partial charge in [-0.15, -0.1) is 0 Å². The number of hydrogen-bond donors (Lipinski definition) is 1. The minimum atomic E-state index is -3.53. The summed E-state index contributed by atoms with van der Waals surface area (Å²) in [6.45, 7) is 5.11. The lowest BCUT2D eigenvalue weighted by molar-refractivity contribution is 0.596. The Hall–Kier alpha value is -2.86. The van der Waals surface area contributed by atoms with E-state index in [1.165, 1.54) is 0 Å². The first-order valence-electron chi connectivity index (χ1n) is 9.38. The predicted octanol–water partition coefficient (Wildman–Crippen LogP) is 4.66. The maximum absolute atomic E-state index is 12.9. The number of fused-ring (bicyclic) bond motifs is 1. The van der Waals surface area contributed by atoms with Crippen molar-refractivity contribution in [3.05, 3.63) is 78.1 Å². The van der Waals surface area contributed by atoms with E-state index in [2.05, 4.69) is 28.9 Å². The van der Waals surface area contributed by atoms with Crippen molar-refractivity contribution in [3.8, 4) is 0 Å². The van der Waals surface area contributed by atoms with Gasteiger partial charge in [-0.3, -0.25) is 5.43 Å². The lowest BCUT2D eigenvalue weighted by Crippen LogP contribution is -2.03. The molecule has 0 aliphatic carbocycles. The number of aryl methyl sites for hydroxylation is 1. The van der Waals surface area contributed by atoms with Crippen LogP contribution in [0.2, 0.25) is 0 Å². The minimum absolute atomic E-state index is 0.276. The zero-order valence-electron chi connectivity index (χ0n) is 16.0. The lowest BCUT2D eigenvalue weighted by Gasteiger charge is -2.09. The highest BCUT2D eigenvalue weighted by Gasteiger charge is 2.18. The molecule has 0 unspecified atom stereocenters. The molecule has 0 bridgehead atoms. The number of hydrazone groups is 1. The molecule has 0 radical (unpaired) electrons. The number of sulfone groups is 1. The fourth-order valence-electron chi connectivity index (χ4n) is 3.35. The normalized spacial score (nSPS) is 15.2. The molecule has 1 N–H and O–H groups in total. The molecule has 2 aromatic carbocycles. The summed E-state index contributed by atoms with van der Waals surface area (Å²) in [5.41, 5.74) is 7.04. The zero-order valence-corrected chi connectivity index (χ0v) is 16.8. The lowest BCUT2D eigenvalue weighted by atomic mass is 10.0. The van der Waals surface area contributed by atoms with Gasteiger partial charge >= 0.3 is 0 Å². The number of nitrogens with one attached hydrogen (secondary N) is 1. The minimum Gasteiger partial charge on any atom is -0.346 e. The Balaban J connectivity index is 1.51. The second-order valence-electron chi connectivity index (χ2n) is 7.26. The van der Waals surface area contributed by atoms with Crippen LogP contribution in [0.1, 0.15) is 37.4 Å². The van der Waals surface area contributed by atoms with Crippen molar-refractivity contribution in [2.24, 2.45) is 5.10 Å². The van der Waals surface area contributed by atoms with Crippen LogP contribution in [0, 0.1) is 0 Å². The van der Waals surface area contributed by atoms with Crippen LogP contribution in [-0.4, -0.2) is 18.7 Å². The third-order valence-corrected chi connectivity index (χ3v) is 6.84. The van der Waals surface area contributed by atoms with Gasteiger partial charge < -0.3 is 4.57 Å². The van der Waals surface area contributed by atoms with Crippen LogP contribution in [0.25, 0.3) is 0 Å². The van der Waals surface area contributed by atoms with Crippen LogP contribution in [0.5, 0.6) is 0 Å². The van der Waals surface area contributed by atoms with Crippen LogP contribution in [0.3, 0.4) is 0 Å². The van der Waals surface area contributed by atoms with Crippen LogP contribution < -0.4 is 5.43 Å². The summed E-state index contributed by atoms with van der Waals surface area (Å²) in [6.07, 6.45) is 2.94. The van der Waals surface area contributed by atoms with E-state index in [0.717, 1.165) is 35.6 Å². The second-order valence-corrected chi connectivity index (χ2v) is 9.21. The van der Waals surface area contributed by atoms with Gasteiger partial charge in [0.15, 0.2) is 0 Å². The zero-order chi connectivity index (χ0) is 19.7. The maximum atomic E-state index is 12.9. The summed E-state index contributed by atoms with van der Waals surface area (Å²) < 4.78 is 27.9. The molecule has 0 spiro atoms. The van der Waals surface area contributed by atoms with Crippen molar-refractivity contribution in [1.82, 2.24) is 4.57 Å². The van der Waals surface area contributed by atoms with Gasteiger partial charge in [0.2, 0.25) is 9.84 Å². The fourth-order valence-corrected chi connectivity index (χ4v) is 4.61. The van der Waals surface area contributed by atoms with Crippen LogP contribution in [-0.2, 0) is 16.4 Å². The molecule has 5 nitrogen and oxygen atoms in total. The molecule has 6 heteroatoms. The molecular weight excluding hydrogens is 370 g/mol. The van der Waals surface area contributed by atoms with E-state index in [1.807, 2.05) is 30.5 Å². The van der Waals surface area contributed by atoms with E-state index in [9.17, 15) is 8.42 Å². The van der Waals surface area contributed by atoms with Crippen molar-refractivity contribution in [2.75, 3.05) is 5.43 Å². The highest BCUT2D eigenvalue weighted by atomic mass is 32.2. The first-order chi connectivity index (χ1) is 13.4. The Bertz CT molecular complexity index is 1110. The quantitative estimate of drug-likeness (QED) is 0.641. The molecular formula is C22H23N3O2S. The van der Waals surface area contributed by atoms with Gasteiger partial charge in [0.1, 0.15) is 0 Å². The molecule has 0 amide bonds. The smallest absolute Gasteiger partial charge is 0.206 e. The summed E-state index contributed by atoms with van der Waals surface area (Å²) in [5, 5.41) is 4.48. The molecule has 0 atom stereocenters. The van der Waals surface area contributed by atoms with Crippen molar-refractivity contribution in [3.63, 3.8) is 0 Å². The number of rotatable bonds is 5. The maximum Gasteiger partial charge on any atom is 0.206 e. The topological polar surface area (TPSA) is 63.5 Å². The third-order valence-electron chi connectivity index (χ3n) is 5.06. The van der Waals surface area contributed by atoms with Crippen LogP contribution in [0.15, 0.2) is 81.8 Å². The first-order valence-corrected chi connectivity index (χ1v) is 10.9. The molecule has 0 saturated heterocycles. The molecule has 28 heavy (non-hydrogen) atoms. The third kappa shape index (κ3) is 3.47. The molecule has 1 aromatic heterocycles.